The molecule has 0 spiro atoms. The molecule has 0 atom stereocenters. The van der Waals surface area contributed by atoms with Crippen molar-refractivity contribution < 1.29 is 0 Å². The van der Waals surface area contributed by atoms with E-state index < -0.39 is 0 Å². The Hall–Kier alpha value is -3.64. The van der Waals surface area contributed by atoms with Gasteiger partial charge in [-0.25, -0.2) is 0 Å². The second-order valence-electron chi connectivity index (χ2n) is 9.32. The second kappa shape index (κ2) is 6.93. The maximum atomic E-state index is 2.39. The lowest BCUT2D eigenvalue weighted by Crippen LogP contribution is -1.91. The van der Waals surface area contributed by atoms with E-state index in [1.165, 1.54) is 77.5 Å². The molecule has 0 radical (unpaired) electrons. The molecular weight excluding hydrogens is 384 g/mol. The van der Waals surface area contributed by atoms with E-state index in [-0.39, 0.29) is 0 Å². The first-order valence-corrected chi connectivity index (χ1v) is 11.4. The fourth-order valence-corrected chi connectivity index (χ4v) is 5.52. The molecular formula is C32H26. The first-order valence-electron chi connectivity index (χ1n) is 11.4. The fraction of sp³-hybridized carbons (Fsp3) is 0.125. The molecule has 0 saturated heterocycles. The van der Waals surface area contributed by atoms with Gasteiger partial charge >= 0.3 is 0 Å². The van der Waals surface area contributed by atoms with Gasteiger partial charge in [-0.1, -0.05) is 96.1 Å². The van der Waals surface area contributed by atoms with E-state index >= 15 is 0 Å². The van der Waals surface area contributed by atoms with Gasteiger partial charge in [-0.3, -0.25) is 0 Å². The molecule has 5 aromatic carbocycles. The summed E-state index contributed by atoms with van der Waals surface area (Å²) in [6.45, 7) is 8.84. The third-order valence-electron chi connectivity index (χ3n) is 6.84. The largest absolute Gasteiger partial charge is 0.0614 e. The highest BCUT2D eigenvalue weighted by molar-refractivity contribution is 6.22. The number of hydrogen-bond acceptors (Lipinski definition) is 0. The van der Waals surface area contributed by atoms with Crippen LogP contribution in [0.15, 0.2) is 84.9 Å². The number of fused-ring (bicyclic) bond motifs is 3. The quantitative estimate of drug-likeness (QED) is 0.267. The molecule has 0 nitrogen and oxygen atoms in total. The molecule has 0 aliphatic heterocycles. The summed E-state index contributed by atoms with van der Waals surface area (Å²) in [4.78, 5) is 0. The zero-order valence-corrected chi connectivity index (χ0v) is 19.1. The highest BCUT2D eigenvalue weighted by Crippen LogP contribution is 2.54. The molecule has 0 saturated carbocycles. The Bertz CT molecular complexity index is 1550. The van der Waals surface area contributed by atoms with Crippen LogP contribution in [-0.4, -0.2) is 0 Å². The number of aryl methyl sites for hydroxylation is 4. The zero-order valence-electron chi connectivity index (χ0n) is 19.1. The van der Waals surface area contributed by atoms with Crippen LogP contribution in [0.5, 0.6) is 0 Å². The summed E-state index contributed by atoms with van der Waals surface area (Å²) in [5.41, 5.74) is 16.0. The van der Waals surface area contributed by atoms with Crippen LogP contribution in [-0.2, 0) is 0 Å². The Balaban J connectivity index is 1.73. The topological polar surface area (TPSA) is 0 Å². The Labute approximate surface area is 190 Å². The summed E-state index contributed by atoms with van der Waals surface area (Å²) in [6.07, 6.45) is 0. The molecule has 5 aromatic rings. The Morgan fingerprint density at radius 3 is 1.75 bits per heavy atom. The van der Waals surface area contributed by atoms with E-state index in [4.69, 9.17) is 0 Å². The van der Waals surface area contributed by atoms with Crippen LogP contribution in [0.25, 0.3) is 55.3 Å². The summed E-state index contributed by atoms with van der Waals surface area (Å²) < 4.78 is 0. The molecule has 0 heteroatoms. The van der Waals surface area contributed by atoms with E-state index in [9.17, 15) is 0 Å². The van der Waals surface area contributed by atoms with Crippen molar-refractivity contribution in [2.45, 2.75) is 27.7 Å². The predicted octanol–water partition coefficient (Wildman–Crippen LogP) is 9.05. The fourth-order valence-electron chi connectivity index (χ4n) is 5.52. The molecule has 1 aliphatic rings. The van der Waals surface area contributed by atoms with Crippen LogP contribution in [0.4, 0.5) is 0 Å². The molecule has 0 unspecified atom stereocenters. The van der Waals surface area contributed by atoms with Gasteiger partial charge in [0.2, 0.25) is 0 Å². The minimum atomic E-state index is 1.29. The lowest BCUT2D eigenvalue weighted by atomic mass is 9.87. The summed E-state index contributed by atoms with van der Waals surface area (Å²) in [5, 5.41) is 2.75. The van der Waals surface area contributed by atoms with Crippen molar-refractivity contribution in [2.75, 3.05) is 0 Å². The van der Waals surface area contributed by atoms with Crippen molar-refractivity contribution in [1.29, 1.82) is 0 Å². The monoisotopic (exact) mass is 410 g/mol. The van der Waals surface area contributed by atoms with Gasteiger partial charge in [-0.15, -0.1) is 0 Å². The van der Waals surface area contributed by atoms with Crippen LogP contribution in [0, 0.1) is 27.7 Å². The third-order valence-corrected chi connectivity index (χ3v) is 6.84. The average Bonchev–Trinajstić information content (AvgIpc) is 3.11. The van der Waals surface area contributed by atoms with Gasteiger partial charge in [0, 0.05) is 0 Å². The summed E-state index contributed by atoms with van der Waals surface area (Å²) >= 11 is 0. The first-order chi connectivity index (χ1) is 15.5. The van der Waals surface area contributed by atoms with Crippen molar-refractivity contribution >= 4 is 10.8 Å². The molecule has 1 aliphatic carbocycles. The molecule has 0 aromatic heterocycles. The molecule has 0 N–H and O–H groups in total. The Morgan fingerprint density at radius 2 is 1.06 bits per heavy atom. The number of hydrogen-bond donors (Lipinski definition) is 0. The normalized spacial score (nSPS) is 11.8. The van der Waals surface area contributed by atoms with Gasteiger partial charge in [0.25, 0.3) is 0 Å². The molecule has 6 rings (SSSR count). The molecule has 0 fully saturated rings. The predicted molar refractivity (Wildman–Crippen MR) is 138 cm³/mol. The summed E-state index contributed by atoms with van der Waals surface area (Å²) in [7, 11) is 0. The Kier molecular flexibility index (Phi) is 4.13. The zero-order chi connectivity index (χ0) is 22.0. The molecule has 154 valence electrons. The van der Waals surface area contributed by atoms with E-state index in [2.05, 4.69) is 113 Å². The maximum Gasteiger partial charge on any atom is -0.00172 e. The van der Waals surface area contributed by atoms with Gasteiger partial charge in [-0.05, 0) is 94.1 Å². The van der Waals surface area contributed by atoms with E-state index in [1.807, 2.05) is 0 Å². The SMILES string of the molecule is Cc1cccc(-c2cc(C)cc3c2-c2c(C)cc(-c4cccc(C)c4)c4cccc-3c24)c1. The van der Waals surface area contributed by atoms with Crippen molar-refractivity contribution in [3.63, 3.8) is 0 Å². The van der Waals surface area contributed by atoms with Gasteiger partial charge in [0.15, 0.2) is 0 Å². The molecule has 32 heavy (non-hydrogen) atoms. The van der Waals surface area contributed by atoms with Crippen LogP contribution in [0.3, 0.4) is 0 Å². The van der Waals surface area contributed by atoms with Gasteiger partial charge in [0.1, 0.15) is 0 Å². The van der Waals surface area contributed by atoms with Crippen LogP contribution >= 0.6 is 0 Å². The number of benzene rings is 5. The summed E-state index contributed by atoms with van der Waals surface area (Å²) in [5.74, 6) is 0. The smallest absolute Gasteiger partial charge is 0.00172 e. The number of rotatable bonds is 2. The minimum Gasteiger partial charge on any atom is -0.0614 e. The third kappa shape index (κ3) is 2.76. The van der Waals surface area contributed by atoms with E-state index in [0.717, 1.165) is 0 Å². The maximum absolute atomic E-state index is 2.39. The van der Waals surface area contributed by atoms with Gasteiger partial charge in [0.05, 0.1) is 0 Å². The highest BCUT2D eigenvalue weighted by atomic mass is 14.3. The van der Waals surface area contributed by atoms with Crippen molar-refractivity contribution in [3.05, 3.63) is 107 Å². The highest BCUT2D eigenvalue weighted by Gasteiger charge is 2.27. The average molecular weight is 411 g/mol. The molecule has 0 heterocycles. The lowest BCUT2D eigenvalue weighted by Gasteiger charge is -2.16. The van der Waals surface area contributed by atoms with Crippen molar-refractivity contribution in [1.82, 2.24) is 0 Å². The lowest BCUT2D eigenvalue weighted by molar-refractivity contribution is 1.43. The molecule has 0 amide bonds. The molecule has 0 bridgehead atoms. The van der Waals surface area contributed by atoms with Crippen LogP contribution in [0.2, 0.25) is 0 Å². The van der Waals surface area contributed by atoms with Gasteiger partial charge in [-0.2, -0.15) is 0 Å². The van der Waals surface area contributed by atoms with Crippen LogP contribution in [0.1, 0.15) is 22.3 Å². The van der Waals surface area contributed by atoms with Crippen molar-refractivity contribution in [3.8, 4) is 44.5 Å². The van der Waals surface area contributed by atoms with E-state index in [1.54, 1.807) is 0 Å². The van der Waals surface area contributed by atoms with Gasteiger partial charge < -0.3 is 0 Å². The van der Waals surface area contributed by atoms with Crippen molar-refractivity contribution in [2.24, 2.45) is 0 Å². The minimum absolute atomic E-state index is 1.29. The first kappa shape index (κ1) is 19.1. The summed E-state index contributed by atoms with van der Waals surface area (Å²) in [6, 6.07) is 31.7. The van der Waals surface area contributed by atoms with E-state index in [0.29, 0.717) is 0 Å². The van der Waals surface area contributed by atoms with Crippen LogP contribution < -0.4 is 0 Å². The Morgan fingerprint density at radius 1 is 0.438 bits per heavy atom. The second-order valence-corrected chi connectivity index (χ2v) is 9.32. The standard InChI is InChI=1S/C32H26/c1-19-8-5-10-23(14-19)27-18-22(4)30-31-25(27)12-7-13-26(31)29-17-21(3)16-28(32(29)30)24-11-6-9-20(2)15-24/h5-18H,1-4H3.